The van der Waals surface area contributed by atoms with Crippen LogP contribution >= 0.6 is 0 Å². The summed E-state index contributed by atoms with van der Waals surface area (Å²) in [6.07, 6.45) is -4.44. The molecule has 20 heavy (non-hydrogen) atoms. The van der Waals surface area contributed by atoms with E-state index in [1.165, 1.54) is 24.3 Å². The Kier molecular flexibility index (Phi) is 3.74. The molecule has 0 aliphatic heterocycles. The molecular formula is C14H8F4O2. The Bertz CT molecular complexity index is 635. The van der Waals surface area contributed by atoms with Gasteiger partial charge in [-0.05, 0) is 24.3 Å². The lowest BCUT2D eigenvalue weighted by Crippen LogP contribution is -2.17. The molecule has 0 aliphatic rings. The summed E-state index contributed by atoms with van der Waals surface area (Å²) < 4.78 is 54.6. The Hall–Kier alpha value is -2.37. The quantitative estimate of drug-likeness (QED) is 0.623. The molecule has 0 aromatic heterocycles. The number of carbonyl (C=O) groups excluding carboxylic acids is 1. The lowest BCUT2D eigenvalue weighted by atomic mass is 10.0. The second kappa shape index (κ2) is 5.32. The Labute approximate surface area is 111 Å². The van der Waals surface area contributed by atoms with E-state index in [0.717, 1.165) is 18.2 Å². The zero-order valence-corrected chi connectivity index (χ0v) is 9.95. The van der Waals surface area contributed by atoms with E-state index in [1.54, 1.807) is 0 Å². The number of carbonyl (C=O) groups is 1. The summed E-state index contributed by atoms with van der Waals surface area (Å²) in [7, 11) is 0. The van der Waals surface area contributed by atoms with E-state index < -0.39 is 17.9 Å². The average molecular weight is 284 g/mol. The van der Waals surface area contributed by atoms with E-state index in [9.17, 15) is 22.4 Å². The van der Waals surface area contributed by atoms with Gasteiger partial charge in [0.2, 0.25) is 0 Å². The van der Waals surface area contributed by atoms with Gasteiger partial charge in [-0.3, -0.25) is 4.79 Å². The molecule has 2 aromatic carbocycles. The van der Waals surface area contributed by atoms with E-state index >= 15 is 0 Å². The van der Waals surface area contributed by atoms with Crippen LogP contribution in [0.15, 0.2) is 42.5 Å². The summed E-state index contributed by atoms with van der Waals surface area (Å²) in [6, 6.07) is 8.60. The molecule has 0 saturated heterocycles. The standard InChI is InChI=1S/C14H8F4O2/c15-12-4-2-1-3-10(12)11-7-9(8-19)5-6-13(11)20-14(16,17)18/h1-8H. The normalized spacial score (nSPS) is 11.2. The van der Waals surface area contributed by atoms with Gasteiger partial charge in [-0.1, -0.05) is 18.2 Å². The van der Waals surface area contributed by atoms with Crippen molar-refractivity contribution < 1.29 is 27.1 Å². The third kappa shape index (κ3) is 3.14. The molecule has 104 valence electrons. The van der Waals surface area contributed by atoms with Gasteiger partial charge < -0.3 is 4.74 Å². The predicted octanol–water partition coefficient (Wildman–Crippen LogP) is 4.20. The molecule has 0 fully saturated rings. The summed E-state index contributed by atoms with van der Waals surface area (Å²) in [5, 5.41) is 0. The number of hydrogen-bond donors (Lipinski definition) is 0. The van der Waals surface area contributed by atoms with E-state index in [2.05, 4.69) is 4.74 Å². The van der Waals surface area contributed by atoms with Gasteiger partial charge in [0.15, 0.2) is 0 Å². The molecule has 0 heterocycles. The number of halogens is 4. The molecule has 0 amide bonds. The highest BCUT2D eigenvalue weighted by atomic mass is 19.4. The summed E-state index contributed by atoms with van der Waals surface area (Å²) in [6.45, 7) is 0. The van der Waals surface area contributed by atoms with Crippen LogP contribution < -0.4 is 4.74 Å². The van der Waals surface area contributed by atoms with Crippen LogP contribution in [0, 0.1) is 5.82 Å². The van der Waals surface area contributed by atoms with E-state index in [-0.39, 0.29) is 16.7 Å². The van der Waals surface area contributed by atoms with Crippen LogP contribution in [0.4, 0.5) is 17.6 Å². The highest BCUT2D eigenvalue weighted by molar-refractivity contribution is 5.81. The Morgan fingerprint density at radius 1 is 1.00 bits per heavy atom. The fraction of sp³-hybridized carbons (Fsp3) is 0.0714. The number of ether oxygens (including phenoxy) is 1. The second-order valence-corrected chi connectivity index (χ2v) is 3.90. The summed E-state index contributed by atoms with van der Waals surface area (Å²) in [5.74, 6) is -1.27. The first-order valence-corrected chi connectivity index (χ1v) is 5.50. The van der Waals surface area contributed by atoms with Crippen molar-refractivity contribution in [3.63, 3.8) is 0 Å². The Balaban J connectivity index is 2.59. The molecule has 0 bridgehead atoms. The van der Waals surface area contributed by atoms with E-state index in [0.29, 0.717) is 6.29 Å². The number of benzene rings is 2. The Morgan fingerprint density at radius 3 is 2.30 bits per heavy atom. The minimum absolute atomic E-state index is 0.0737. The number of rotatable bonds is 3. The van der Waals surface area contributed by atoms with Crippen LogP contribution in [0.3, 0.4) is 0 Å². The zero-order valence-electron chi connectivity index (χ0n) is 9.95. The van der Waals surface area contributed by atoms with Gasteiger partial charge in [0.05, 0.1) is 0 Å². The third-order valence-electron chi connectivity index (χ3n) is 2.53. The number of aldehydes is 1. The van der Waals surface area contributed by atoms with Crippen molar-refractivity contribution in [2.24, 2.45) is 0 Å². The number of alkyl halides is 3. The molecule has 2 nitrogen and oxygen atoms in total. The lowest BCUT2D eigenvalue weighted by Gasteiger charge is -2.14. The van der Waals surface area contributed by atoms with Crippen LogP contribution in [0.5, 0.6) is 5.75 Å². The smallest absolute Gasteiger partial charge is 0.405 e. The van der Waals surface area contributed by atoms with Crippen molar-refractivity contribution in [3.05, 3.63) is 53.8 Å². The maximum atomic E-state index is 13.7. The van der Waals surface area contributed by atoms with Crippen molar-refractivity contribution in [1.82, 2.24) is 0 Å². The molecule has 2 aromatic rings. The fourth-order valence-corrected chi connectivity index (χ4v) is 1.72. The third-order valence-corrected chi connectivity index (χ3v) is 2.53. The molecule has 0 radical (unpaired) electrons. The molecule has 6 heteroatoms. The van der Waals surface area contributed by atoms with Crippen molar-refractivity contribution >= 4 is 6.29 Å². The summed E-state index contributed by atoms with van der Waals surface area (Å²) in [4.78, 5) is 10.7. The van der Waals surface area contributed by atoms with Crippen molar-refractivity contribution in [1.29, 1.82) is 0 Å². The maximum absolute atomic E-state index is 13.7. The highest BCUT2D eigenvalue weighted by Crippen LogP contribution is 2.35. The first-order chi connectivity index (χ1) is 9.40. The topological polar surface area (TPSA) is 26.3 Å². The van der Waals surface area contributed by atoms with Crippen molar-refractivity contribution in [2.45, 2.75) is 6.36 Å². The molecule has 0 saturated carbocycles. The first kappa shape index (κ1) is 14.0. The summed E-state index contributed by atoms with van der Waals surface area (Å²) in [5.41, 5.74) is -0.0850. The van der Waals surface area contributed by atoms with Gasteiger partial charge in [0.25, 0.3) is 0 Å². The van der Waals surface area contributed by atoms with Crippen LogP contribution in [0.25, 0.3) is 11.1 Å². The molecule has 0 N–H and O–H groups in total. The zero-order chi connectivity index (χ0) is 14.8. The van der Waals surface area contributed by atoms with E-state index in [1.807, 2.05) is 0 Å². The van der Waals surface area contributed by atoms with Gasteiger partial charge in [-0.25, -0.2) is 4.39 Å². The van der Waals surface area contributed by atoms with Gasteiger partial charge in [0.1, 0.15) is 17.9 Å². The maximum Gasteiger partial charge on any atom is 0.573 e. The van der Waals surface area contributed by atoms with Gasteiger partial charge >= 0.3 is 6.36 Å². The van der Waals surface area contributed by atoms with Crippen LogP contribution in [0.1, 0.15) is 10.4 Å². The van der Waals surface area contributed by atoms with Gasteiger partial charge in [-0.15, -0.1) is 13.2 Å². The molecular weight excluding hydrogens is 276 g/mol. The first-order valence-electron chi connectivity index (χ1n) is 5.50. The highest BCUT2D eigenvalue weighted by Gasteiger charge is 2.32. The van der Waals surface area contributed by atoms with Crippen LogP contribution in [0.2, 0.25) is 0 Å². The largest absolute Gasteiger partial charge is 0.573 e. The van der Waals surface area contributed by atoms with E-state index in [4.69, 9.17) is 0 Å². The minimum Gasteiger partial charge on any atom is -0.405 e. The fourth-order valence-electron chi connectivity index (χ4n) is 1.72. The molecule has 2 rings (SSSR count). The SMILES string of the molecule is O=Cc1ccc(OC(F)(F)F)c(-c2ccccc2F)c1. The summed E-state index contributed by atoms with van der Waals surface area (Å²) >= 11 is 0. The Morgan fingerprint density at radius 2 is 1.70 bits per heavy atom. The lowest BCUT2D eigenvalue weighted by molar-refractivity contribution is -0.274. The average Bonchev–Trinajstić information content (AvgIpc) is 2.38. The molecule has 0 atom stereocenters. The molecule has 0 unspecified atom stereocenters. The van der Waals surface area contributed by atoms with Crippen molar-refractivity contribution in [2.75, 3.05) is 0 Å². The minimum atomic E-state index is -4.90. The van der Waals surface area contributed by atoms with Gasteiger partial charge in [0, 0.05) is 16.7 Å². The molecule has 0 aliphatic carbocycles. The number of hydrogen-bond acceptors (Lipinski definition) is 2. The van der Waals surface area contributed by atoms with Crippen LogP contribution in [-0.2, 0) is 0 Å². The second-order valence-electron chi connectivity index (χ2n) is 3.90. The van der Waals surface area contributed by atoms with Crippen LogP contribution in [-0.4, -0.2) is 12.6 Å². The predicted molar refractivity (Wildman–Crippen MR) is 63.9 cm³/mol. The molecule has 0 spiro atoms. The van der Waals surface area contributed by atoms with Crippen molar-refractivity contribution in [3.8, 4) is 16.9 Å². The van der Waals surface area contributed by atoms with Gasteiger partial charge in [-0.2, -0.15) is 0 Å². The monoisotopic (exact) mass is 284 g/mol.